The molecule has 126 valence electrons. The number of nitrogens with zero attached hydrogens (tertiary/aromatic N) is 2. The average molecular weight is 336 g/mol. The van der Waals surface area contributed by atoms with Gasteiger partial charge >= 0.3 is 0 Å². The molecular formula is C17H24N2O3S. The lowest BCUT2D eigenvalue weighted by atomic mass is 10.1. The van der Waals surface area contributed by atoms with Gasteiger partial charge in [-0.2, -0.15) is 0 Å². The fourth-order valence-electron chi connectivity index (χ4n) is 2.56. The van der Waals surface area contributed by atoms with Crippen LogP contribution in [0.15, 0.2) is 21.6 Å². The molecule has 2 rings (SSSR count). The Morgan fingerprint density at radius 3 is 2.35 bits per heavy atom. The number of aryl methyl sites for hydroxylation is 2. The van der Waals surface area contributed by atoms with Gasteiger partial charge in [0.15, 0.2) is 0 Å². The van der Waals surface area contributed by atoms with Gasteiger partial charge in [-0.05, 0) is 39.3 Å². The van der Waals surface area contributed by atoms with Crippen LogP contribution in [0.3, 0.4) is 0 Å². The maximum Gasteiger partial charge on any atom is 0.138 e. The largest absolute Gasteiger partial charge is 0.496 e. The number of benzene rings is 1. The predicted molar refractivity (Wildman–Crippen MR) is 92.5 cm³/mol. The van der Waals surface area contributed by atoms with E-state index in [0.717, 1.165) is 52.1 Å². The maximum atomic E-state index is 5.54. The number of hydrogen-bond donors (Lipinski definition) is 0. The van der Waals surface area contributed by atoms with E-state index < -0.39 is 0 Å². The van der Waals surface area contributed by atoms with Gasteiger partial charge in [0.25, 0.3) is 0 Å². The van der Waals surface area contributed by atoms with E-state index in [1.54, 1.807) is 26.0 Å². The van der Waals surface area contributed by atoms with E-state index in [0.29, 0.717) is 0 Å². The van der Waals surface area contributed by atoms with Crippen molar-refractivity contribution in [2.75, 3.05) is 27.5 Å². The van der Waals surface area contributed by atoms with Gasteiger partial charge in [-0.15, -0.1) is 11.8 Å². The molecule has 0 spiro atoms. The lowest BCUT2D eigenvalue weighted by Crippen LogP contribution is -2.18. The Balaban J connectivity index is 2.21. The number of hydrogen-bond acceptors (Lipinski definition) is 6. The molecule has 0 bridgehead atoms. The van der Waals surface area contributed by atoms with Crippen LogP contribution in [0.5, 0.6) is 11.5 Å². The molecule has 0 aliphatic rings. The number of methoxy groups -OCH3 is 2. The molecule has 2 aromatic rings. The molecule has 0 N–H and O–H groups in total. The third-order valence-electron chi connectivity index (χ3n) is 3.84. The number of aromatic nitrogens is 1. The highest BCUT2D eigenvalue weighted by atomic mass is 32.2. The van der Waals surface area contributed by atoms with Gasteiger partial charge in [-0.3, -0.25) is 4.90 Å². The summed E-state index contributed by atoms with van der Waals surface area (Å²) in [4.78, 5) is 3.28. The summed E-state index contributed by atoms with van der Waals surface area (Å²) in [6.07, 6.45) is 2.03. The summed E-state index contributed by atoms with van der Waals surface area (Å²) in [7, 11) is 5.46. The van der Waals surface area contributed by atoms with E-state index >= 15 is 0 Å². The minimum Gasteiger partial charge on any atom is -0.496 e. The van der Waals surface area contributed by atoms with Gasteiger partial charge in [-0.25, -0.2) is 0 Å². The van der Waals surface area contributed by atoms with Crippen molar-refractivity contribution >= 4 is 11.8 Å². The summed E-state index contributed by atoms with van der Waals surface area (Å²) in [6.45, 7) is 5.44. The second-order valence-electron chi connectivity index (χ2n) is 5.49. The third kappa shape index (κ3) is 4.00. The van der Waals surface area contributed by atoms with Crippen molar-refractivity contribution in [1.29, 1.82) is 0 Å². The highest BCUT2D eigenvalue weighted by molar-refractivity contribution is 7.98. The normalized spacial score (nSPS) is 11.1. The lowest BCUT2D eigenvalue weighted by Gasteiger charge is -2.20. The Morgan fingerprint density at radius 1 is 1.13 bits per heavy atom. The highest BCUT2D eigenvalue weighted by Crippen LogP contribution is 2.35. The fraction of sp³-hybridized carbons (Fsp3) is 0.471. The van der Waals surface area contributed by atoms with Crippen LogP contribution in [0.4, 0.5) is 0 Å². The van der Waals surface area contributed by atoms with E-state index in [4.69, 9.17) is 14.0 Å². The second-order valence-corrected chi connectivity index (χ2v) is 6.34. The minimum absolute atomic E-state index is 0.748. The summed E-state index contributed by atoms with van der Waals surface area (Å²) in [6, 6.07) is 4.08. The topological polar surface area (TPSA) is 47.7 Å². The Kier molecular flexibility index (Phi) is 5.96. The first kappa shape index (κ1) is 17.7. The van der Waals surface area contributed by atoms with Crippen LogP contribution in [-0.4, -0.2) is 37.6 Å². The number of thioether (sulfide) groups is 1. The first-order valence-electron chi connectivity index (χ1n) is 7.39. The van der Waals surface area contributed by atoms with E-state index in [9.17, 15) is 0 Å². The summed E-state index contributed by atoms with van der Waals surface area (Å²) in [5, 5.41) is 4.01. The van der Waals surface area contributed by atoms with Crippen molar-refractivity contribution in [2.45, 2.75) is 31.8 Å². The quantitative estimate of drug-likeness (QED) is 0.719. The Hall–Kier alpha value is -1.66. The van der Waals surface area contributed by atoms with Crippen LogP contribution < -0.4 is 9.47 Å². The van der Waals surface area contributed by atoms with Crippen molar-refractivity contribution < 1.29 is 14.0 Å². The third-order valence-corrected chi connectivity index (χ3v) is 4.59. The summed E-state index contributed by atoms with van der Waals surface area (Å²) >= 11 is 1.65. The second kappa shape index (κ2) is 7.75. The summed E-state index contributed by atoms with van der Waals surface area (Å²) < 4.78 is 16.3. The molecule has 0 amide bonds. The maximum absolute atomic E-state index is 5.54. The minimum atomic E-state index is 0.748. The van der Waals surface area contributed by atoms with Gasteiger partial charge in [0.05, 0.1) is 24.8 Å². The summed E-state index contributed by atoms with van der Waals surface area (Å²) in [5.41, 5.74) is 3.17. The van der Waals surface area contributed by atoms with E-state index in [2.05, 4.69) is 23.2 Å². The predicted octanol–water partition coefficient (Wildman–Crippen LogP) is 3.66. The Morgan fingerprint density at radius 2 is 1.83 bits per heavy atom. The highest BCUT2D eigenvalue weighted by Gasteiger charge is 2.15. The molecule has 0 aliphatic heterocycles. The molecule has 1 heterocycles. The van der Waals surface area contributed by atoms with Crippen molar-refractivity contribution in [3.8, 4) is 11.5 Å². The molecule has 0 saturated carbocycles. The van der Waals surface area contributed by atoms with Crippen LogP contribution in [0.1, 0.15) is 22.6 Å². The van der Waals surface area contributed by atoms with Crippen LogP contribution >= 0.6 is 11.8 Å². The zero-order chi connectivity index (χ0) is 17.0. The Bertz CT molecular complexity index is 651. The van der Waals surface area contributed by atoms with Crippen LogP contribution in [0, 0.1) is 13.8 Å². The zero-order valence-corrected chi connectivity index (χ0v) is 15.4. The van der Waals surface area contributed by atoms with E-state index in [-0.39, 0.29) is 0 Å². The van der Waals surface area contributed by atoms with Crippen molar-refractivity contribution in [3.63, 3.8) is 0 Å². The SMILES string of the molecule is COc1cc(SC)c(OC)cc1CN(C)Cc1c(C)noc1C. The van der Waals surface area contributed by atoms with Gasteiger partial charge in [0.2, 0.25) is 0 Å². The first-order chi connectivity index (χ1) is 11.0. The van der Waals surface area contributed by atoms with Crippen molar-refractivity contribution in [3.05, 3.63) is 34.7 Å². The molecule has 1 aromatic carbocycles. The van der Waals surface area contributed by atoms with Gasteiger partial charge in [0, 0.05) is 24.2 Å². The Labute approximate surface area is 141 Å². The molecule has 1 aromatic heterocycles. The molecule has 0 radical (unpaired) electrons. The molecule has 0 atom stereocenters. The smallest absolute Gasteiger partial charge is 0.138 e. The van der Waals surface area contributed by atoms with Gasteiger partial charge < -0.3 is 14.0 Å². The lowest BCUT2D eigenvalue weighted by molar-refractivity contribution is 0.305. The van der Waals surface area contributed by atoms with Crippen molar-refractivity contribution in [1.82, 2.24) is 10.1 Å². The molecule has 6 heteroatoms. The number of ether oxygens (including phenoxy) is 2. The molecule has 0 aliphatic carbocycles. The molecular weight excluding hydrogens is 312 g/mol. The molecule has 0 saturated heterocycles. The van der Waals surface area contributed by atoms with Gasteiger partial charge in [0.1, 0.15) is 17.3 Å². The van der Waals surface area contributed by atoms with Gasteiger partial charge in [-0.1, -0.05) is 5.16 Å². The first-order valence-corrected chi connectivity index (χ1v) is 8.61. The van der Waals surface area contributed by atoms with Crippen molar-refractivity contribution in [2.24, 2.45) is 0 Å². The monoisotopic (exact) mass is 336 g/mol. The standard InChI is InChI=1S/C17H24N2O3S/c1-11-14(12(2)22-18-11)10-19(3)9-13-7-16(21-5)17(23-6)8-15(13)20-4/h7-8H,9-10H2,1-6H3. The average Bonchev–Trinajstić information content (AvgIpc) is 2.86. The molecule has 23 heavy (non-hydrogen) atoms. The van der Waals surface area contributed by atoms with Crippen LogP contribution in [0.2, 0.25) is 0 Å². The summed E-state index contributed by atoms with van der Waals surface area (Å²) in [5.74, 6) is 2.62. The van der Waals surface area contributed by atoms with E-state index in [1.165, 1.54) is 0 Å². The van der Waals surface area contributed by atoms with Crippen LogP contribution in [-0.2, 0) is 13.1 Å². The number of rotatable bonds is 7. The molecule has 5 nitrogen and oxygen atoms in total. The van der Waals surface area contributed by atoms with E-state index in [1.807, 2.05) is 26.2 Å². The van der Waals surface area contributed by atoms with Crippen LogP contribution in [0.25, 0.3) is 0 Å². The zero-order valence-electron chi connectivity index (χ0n) is 14.6. The molecule has 0 unspecified atom stereocenters. The molecule has 0 fully saturated rings. The fourth-order valence-corrected chi connectivity index (χ4v) is 3.13.